The smallest absolute Gasteiger partial charge is 0.326 e. The number of aromatic nitrogens is 1. The molecule has 1 aromatic carbocycles. The van der Waals surface area contributed by atoms with Gasteiger partial charge in [0.05, 0.1) is 10.7 Å². The Balaban J connectivity index is 2.09. The van der Waals surface area contributed by atoms with Gasteiger partial charge in [-0.2, -0.15) is 0 Å². The second kappa shape index (κ2) is 7.17. The van der Waals surface area contributed by atoms with Crippen LogP contribution in [0.5, 0.6) is 0 Å². The number of carbonyl (C=O) groups excluding carboxylic acids is 1. The van der Waals surface area contributed by atoms with E-state index in [1.54, 1.807) is 23.5 Å². The number of thiazole rings is 1. The van der Waals surface area contributed by atoms with Crippen molar-refractivity contribution in [2.75, 3.05) is 0 Å². The van der Waals surface area contributed by atoms with Gasteiger partial charge >= 0.3 is 5.97 Å². The van der Waals surface area contributed by atoms with E-state index in [9.17, 15) is 9.59 Å². The number of aliphatic carboxylic acids is 1. The van der Waals surface area contributed by atoms with E-state index in [0.717, 1.165) is 16.3 Å². The number of carboxylic acids is 1. The Labute approximate surface area is 133 Å². The summed E-state index contributed by atoms with van der Waals surface area (Å²) in [6, 6.07) is 6.16. The maximum atomic E-state index is 12.1. The quantitative estimate of drug-likeness (QED) is 0.857. The van der Waals surface area contributed by atoms with Crippen LogP contribution in [0.2, 0.25) is 0 Å². The molecule has 0 spiro atoms. The zero-order chi connectivity index (χ0) is 16.1. The fourth-order valence-corrected chi connectivity index (χ4v) is 2.70. The average Bonchev–Trinajstić information content (AvgIpc) is 2.93. The molecule has 22 heavy (non-hydrogen) atoms. The number of benzene rings is 1. The predicted molar refractivity (Wildman–Crippen MR) is 86.1 cm³/mol. The highest BCUT2D eigenvalue weighted by Gasteiger charge is 2.19. The van der Waals surface area contributed by atoms with E-state index in [-0.39, 0.29) is 5.91 Å². The molecule has 0 aliphatic heterocycles. The summed E-state index contributed by atoms with van der Waals surface area (Å²) in [6.45, 7) is 3.82. The van der Waals surface area contributed by atoms with Crippen molar-refractivity contribution < 1.29 is 14.7 Å². The molecule has 1 heterocycles. The first-order valence-corrected chi connectivity index (χ1v) is 7.95. The van der Waals surface area contributed by atoms with Gasteiger partial charge in [-0.3, -0.25) is 4.79 Å². The molecular formula is C16H18N2O3S. The third-order valence-corrected chi connectivity index (χ3v) is 4.02. The molecular weight excluding hydrogens is 300 g/mol. The van der Waals surface area contributed by atoms with E-state index < -0.39 is 12.0 Å². The van der Waals surface area contributed by atoms with Crippen LogP contribution in [0, 0.1) is 6.92 Å². The number of amides is 1. The summed E-state index contributed by atoms with van der Waals surface area (Å²) in [6.07, 6.45) is 1.11. The minimum atomic E-state index is -1.01. The number of hydrogen-bond donors (Lipinski definition) is 2. The third-order valence-electron chi connectivity index (χ3n) is 3.24. The van der Waals surface area contributed by atoms with E-state index in [2.05, 4.69) is 10.3 Å². The largest absolute Gasteiger partial charge is 0.480 e. The maximum absolute atomic E-state index is 12.1. The minimum absolute atomic E-state index is 0.373. The van der Waals surface area contributed by atoms with E-state index in [1.807, 2.05) is 31.4 Å². The minimum Gasteiger partial charge on any atom is -0.480 e. The summed E-state index contributed by atoms with van der Waals surface area (Å²) in [5.74, 6) is -1.38. The van der Waals surface area contributed by atoms with Crippen molar-refractivity contribution in [3.05, 3.63) is 40.2 Å². The lowest BCUT2D eigenvalue weighted by Gasteiger charge is -2.13. The lowest BCUT2D eigenvalue weighted by Crippen LogP contribution is -2.40. The van der Waals surface area contributed by atoms with Gasteiger partial charge < -0.3 is 10.4 Å². The zero-order valence-corrected chi connectivity index (χ0v) is 13.3. The molecule has 2 N–H and O–H groups in total. The van der Waals surface area contributed by atoms with Crippen LogP contribution < -0.4 is 5.32 Å². The molecule has 0 bridgehead atoms. The van der Waals surface area contributed by atoms with Gasteiger partial charge in [-0.1, -0.05) is 25.5 Å². The zero-order valence-electron chi connectivity index (χ0n) is 12.5. The molecule has 0 aliphatic carbocycles. The first kappa shape index (κ1) is 16.2. The van der Waals surface area contributed by atoms with Crippen LogP contribution in [0.1, 0.15) is 35.1 Å². The Kier molecular flexibility index (Phi) is 5.27. The molecule has 2 aromatic rings. The maximum Gasteiger partial charge on any atom is 0.326 e. The second-order valence-electron chi connectivity index (χ2n) is 4.98. The van der Waals surface area contributed by atoms with Crippen molar-refractivity contribution in [2.45, 2.75) is 32.7 Å². The van der Waals surface area contributed by atoms with Gasteiger partial charge in [-0.15, -0.1) is 11.3 Å². The number of carboxylic acid groups (broad SMARTS) is 1. The Hall–Kier alpha value is -2.21. The van der Waals surface area contributed by atoms with E-state index >= 15 is 0 Å². The number of rotatable bonds is 6. The van der Waals surface area contributed by atoms with Gasteiger partial charge in [0, 0.05) is 16.5 Å². The highest BCUT2D eigenvalue weighted by molar-refractivity contribution is 7.09. The summed E-state index contributed by atoms with van der Waals surface area (Å²) >= 11 is 1.57. The van der Waals surface area contributed by atoms with Gasteiger partial charge in [0.1, 0.15) is 6.04 Å². The van der Waals surface area contributed by atoms with Crippen molar-refractivity contribution in [2.24, 2.45) is 0 Å². The Morgan fingerprint density at radius 1 is 1.32 bits per heavy atom. The van der Waals surface area contributed by atoms with Crippen molar-refractivity contribution in [1.29, 1.82) is 0 Å². The lowest BCUT2D eigenvalue weighted by atomic mass is 10.1. The molecule has 116 valence electrons. The summed E-state index contributed by atoms with van der Waals surface area (Å²) in [4.78, 5) is 27.6. The topological polar surface area (TPSA) is 79.3 Å². The van der Waals surface area contributed by atoms with E-state index in [1.165, 1.54) is 0 Å². The van der Waals surface area contributed by atoms with Crippen molar-refractivity contribution in [3.8, 4) is 11.3 Å². The highest BCUT2D eigenvalue weighted by Crippen LogP contribution is 2.21. The van der Waals surface area contributed by atoms with Crippen LogP contribution in [0.3, 0.4) is 0 Å². The molecule has 0 fully saturated rings. The average molecular weight is 318 g/mol. The number of hydrogen-bond acceptors (Lipinski definition) is 4. The van der Waals surface area contributed by atoms with Gasteiger partial charge in [-0.05, 0) is 25.5 Å². The molecule has 2 rings (SSSR count). The van der Waals surface area contributed by atoms with Crippen LogP contribution >= 0.6 is 11.3 Å². The summed E-state index contributed by atoms with van der Waals surface area (Å²) in [5, 5.41) is 14.6. The molecule has 1 amide bonds. The molecule has 0 aliphatic rings. The number of carbonyl (C=O) groups is 2. The molecule has 1 atom stereocenters. The number of nitrogens with zero attached hydrogens (tertiary/aromatic N) is 1. The first-order chi connectivity index (χ1) is 10.5. The number of aryl methyl sites for hydroxylation is 1. The fourth-order valence-electron chi connectivity index (χ4n) is 2.08. The van der Waals surface area contributed by atoms with E-state index in [4.69, 9.17) is 5.11 Å². The fraction of sp³-hybridized carbons (Fsp3) is 0.312. The molecule has 0 radical (unpaired) electrons. The monoisotopic (exact) mass is 318 g/mol. The predicted octanol–water partition coefficient (Wildman–Crippen LogP) is 3.10. The van der Waals surface area contributed by atoms with Gasteiger partial charge in [0.2, 0.25) is 0 Å². The molecule has 0 saturated heterocycles. The van der Waals surface area contributed by atoms with E-state index in [0.29, 0.717) is 18.4 Å². The molecule has 5 nitrogen and oxygen atoms in total. The molecule has 1 unspecified atom stereocenters. The van der Waals surface area contributed by atoms with Crippen LogP contribution in [0.15, 0.2) is 29.6 Å². The normalized spacial score (nSPS) is 11.9. The first-order valence-electron chi connectivity index (χ1n) is 7.07. The lowest BCUT2D eigenvalue weighted by molar-refractivity contribution is -0.139. The van der Waals surface area contributed by atoms with Crippen LogP contribution in [0.25, 0.3) is 11.3 Å². The SMILES string of the molecule is CCCC(NC(=O)c1ccc(-c2csc(C)n2)cc1)C(=O)O. The van der Waals surface area contributed by atoms with Crippen LogP contribution in [-0.2, 0) is 4.79 Å². The van der Waals surface area contributed by atoms with Gasteiger partial charge in [0.25, 0.3) is 5.91 Å². The second-order valence-corrected chi connectivity index (χ2v) is 6.04. The van der Waals surface area contributed by atoms with Gasteiger partial charge in [0.15, 0.2) is 0 Å². The van der Waals surface area contributed by atoms with Gasteiger partial charge in [-0.25, -0.2) is 9.78 Å². The van der Waals surface area contributed by atoms with Crippen molar-refractivity contribution >= 4 is 23.2 Å². The Morgan fingerprint density at radius 2 is 2.00 bits per heavy atom. The highest BCUT2D eigenvalue weighted by atomic mass is 32.1. The van der Waals surface area contributed by atoms with Crippen molar-refractivity contribution in [3.63, 3.8) is 0 Å². The Bertz CT molecular complexity index is 664. The van der Waals surface area contributed by atoms with Crippen LogP contribution in [0.4, 0.5) is 0 Å². The molecule has 0 saturated carbocycles. The van der Waals surface area contributed by atoms with Crippen LogP contribution in [-0.4, -0.2) is 28.0 Å². The third kappa shape index (κ3) is 3.92. The standard InChI is InChI=1S/C16H18N2O3S/c1-3-4-13(16(20)21)18-15(19)12-7-5-11(6-8-12)14-9-22-10(2)17-14/h5-9,13H,3-4H2,1-2H3,(H,18,19)(H,20,21). The Morgan fingerprint density at radius 3 is 2.50 bits per heavy atom. The summed E-state index contributed by atoms with van der Waals surface area (Å²) < 4.78 is 0. The molecule has 6 heteroatoms. The molecule has 1 aromatic heterocycles. The summed E-state index contributed by atoms with van der Waals surface area (Å²) in [7, 11) is 0. The number of nitrogens with one attached hydrogen (secondary N) is 1. The van der Waals surface area contributed by atoms with Crippen molar-refractivity contribution in [1.82, 2.24) is 10.3 Å². The summed E-state index contributed by atoms with van der Waals surface area (Å²) in [5.41, 5.74) is 2.26.